The van der Waals surface area contributed by atoms with Crippen molar-refractivity contribution in [2.75, 3.05) is 0 Å². The van der Waals surface area contributed by atoms with E-state index in [9.17, 15) is 14.7 Å². The molecule has 9 heteroatoms. The highest BCUT2D eigenvalue weighted by Crippen LogP contribution is 2.30. The predicted octanol–water partition coefficient (Wildman–Crippen LogP) is 5.17. The second-order valence-corrected chi connectivity index (χ2v) is 10.2. The van der Waals surface area contributed by atoms with E-state index in [4.69, 9.17) is 0 Å². The molecule has 0 aliphatic heterocycles. The van der Waals surface area contributed by atoms with Gasteiger partial charge in [-0.1, -0.05) is 81.1 Å². The first-order valence-electron chi connectivity index (χ1n) is 13.5. The summed E-state index contributed by atoms with van der Waals surface area (Å²) in [6.45, 7) is 2.90. The number of hydrogen-bond acceptors (Lipinski definition) is 5. The van der Waals surface area contributed by atoms with Gasteiger partial charge in [0.15, 0.2) is 5.69 Å². The van der Waals surface area contributed by atoms with Crippen molar-refractivity contribution in [3.8, 4) is 22.5 Å². The molecule has 0 unspecified atom stereocenters. The number of hydrogen-bond donors (Lipinski definition) is 2. The molecule has 2 aromatic heterocycles. The Kier molecular flexibility index (Phi) is 7.81. The van der Waals surface area contributed by atoms with Crippen molar-refractivity contribution in [2.45, 2.75) is 71.4 Å². The fourth-order valence-corrected chi connectivity index (χ4v) is 5.62. The minimum atomic E-state index is -1.02. The minimum Gasteiger partial charge on any atom is -0.477 e. The molecule has 0 radical (unpaired) electrons. The lowest BCUT2D eigenvalue weighted by molar-refractivity contribution is 0.0681. The molecule has 9 nitrogen and oxygen atoms in total. The van der Waals surface area contributed by atoms with Gasteiger partial charge in [-0.25, -0.2) is 9.59 Å². The zero-order chi connectivity index (χ0) is 26.5. The molecule has 5 rings (SSSR count). The number of carbonyl (C=O) groups is 1. The van der Waals surface area contributed by atoms with Gasteiger partial charge < -0.3 is 5.11 Å². The SMILES string of the molecule is CCCCc1c(C(=O)O)n(CC2CCCCC2)c(=O)n1Cc1ccc(-c2ccccc2-c2nn[nH]n2)cc1. The Hall–Kier alpha value is -4.01. The topological polar surface area (TPSA) is 119 Å². The summed E-state index contributed by atoms with van der Waals surface area (Å²) in [5, 5.41) is 24.6. The Morgan fingerprint density at radius 3 is 2.42 bits per heavy atom. The average molecular weight is 515 g/mol. The molecule has 4 aromatic rings. The molecule has 0 saturated heterocycles. The van der Waals surface area contributed by atoms with Gasteiger partial charge in [0, 0.05) is 12.1 Å². The largest absolute Gasteiger partial charge is 0.477 e. The molecule has 1 aliphatic carbocycles. The maximum absolute atomic E-state index is 13.7. The van der Waals surface area contributed by atoms with Crippen LogP contribution in [0.1, 0.15) is 73.6 Å². The normalized spacial score (nSPS) is 14.1. The van der Waals surface area contributed by atoms with E-state index in [2.05, 4.69) is 27.5 Å². The Bertz CT molecular complexity index is 1430. The van der Waals surface area contributed by atoms with Gasteiger partial charge in [0.25, 0.3) is 0 Å². The molecular weight excluding hydrogens is 480 g/mol. The third kappa shape index (κ3) is 5.32. The molecule has 2 heterocycles. The van der Waals surface area contributed by atoms with Gasteiger partial charge in [0.2, 0.25) is 5.82 Å². The highest BCUT2D eigenvalue weighted by molar-refractivity contribution is 5.87. The molecule has 1 fully saturated rings. The predicted molar refractivity (Wildman–Crippen MR) is 145 cm³/mol. The number of aromatic amines is 1. The highest BCUT2D eigenvalue weighted by atomic mass is 16.4. The second kappa shape index (κ2) is 11.6. The fraction of sp³-hybridized carbons (Fsp3) is 0.414. The summed E-state index contributed by atoms with van der Waals surface area (Å²) in [4.78, 5) is 26.1. The lowest BCUT2D eigenvalue weighted by Crippen LogP contribution is -2.29. The molecule has 0 bridgehead atoms. The van der Waals surface area contributed by atoms with E-state index in [1.54, 1.807) is 9.13 Å². The van der Waals surface area contributed by atoms with Crippen molar-refractivity contribution in [1.29, 1.82) is 0 Å². The van der Waals surface area contributed by atoms with Crippen LogP contribution < -0.4 is 5.69 Å². The number of aromatic carboxylic acids is 1. The number of imidazole rings is 1. The van der Waals surface area contributed by atoms with Gasteiger partial charge >= 0.3 is 11.7 Å². The van der Waals surface area contributed by atoms with Crippen LogP contribution in [-0.4, -0.2) is 40.8 Å². The maximum Gasteiger partial charge on any atom is 0.354 e. The number of aromatic nitrogens is 6. The van der Waals surface area contributed by atoms with Crippen LogP contribution >= 0.6 is 0 Å². The van der Waals surface area contributed by atoms with Gasteiger partial charge in [-0.2, -0.15) is 5.21 Å². The number of nitrogens with one attached hydrogen (secondary N) is 1. The molecule has 198 valence electrons. The van der Waals surface area contributed by atoms with Crippen LogP contribution in [0.4, 0.5) is 0 Å². The third-order valence-corrected chi connectivity index (χ3v) is 7.59. The quantitative estimate of drug-likeness (QED) is 0.302. The van der Waals surface area contributed by atoms with E-state index in [0.717, 1.165) is 60.8 Å². The molecule has 2 aromatic carbocycles. The van der Waals surface area contributed by atoms with Crippen LogP contribution in [-0.2, 0) is 19.5 Å². The summed E-state index contributed by atoms with van der Waals surface area (Å²) in [6, 6.07) is 15.9. The number of tetrazole rings is 1. The fourth-order valence-electron chi connectivity index (χ4n) is 5.62. The van der Waals surface area contributed by atoms with Crippen molar-refractivity contribution in [2.24, 2.45) is 5.92 Å². The number of H-pyrrole nitrogens is 1. The average Bonchev–Trinajstić information content (AvgIpc) is 3.56. The van der Waals surface area contributed by atoms with E-state index in [-0.39, 0.29) is 11.4 Å². The zero-order valence-corrected chi connectivity index (χ0v) is 21.8. The lowest BCUT2D eigenvalue weighted by atomic mass is 9.89. The second-order valence-electron chi connectivity index (χ2n) is 10.2. The summed E-state index contributed by atoms with van der Waals surface area (Å²) in [5.41, 5.74) is 4.37. The Labute approximate surface area is 221 Å². The van der Waals surface area contributed by atoms with E-state index in [1.165, 1.54) is 6.42 Å². The van der Waals surface area contributed by atoms with Crippen molar-refractivity contribution in [3.05, 3.63) is 76.0 Å². The van der Waals surface area contributed by atoms with Crippen LogP contribution in [0.2, 0.25) is 0 Å². The number of carboxylic acid groups (broad SMARTS) is 1. The summed E-state index contributed by atoms with van der Waals surface area (Å²) >= 11 is 0. The van der Waals surface area contributed by atoms with E-state index < -0.39 is 5.97 Å². The number of benzene rings is 2. The number of rotatable bonds is 10. The summed E-state index contributed by atoms with van der Waals surface area (Å²) in [7, 11) is 0. The van der Waals surface area contributed by atoms with Gasteiger partial charge in [-0.15, -0.1) is 10.2 Å². The van der Waals surface area contributed by atoms with Gasteiger partial charge in [0.1, 0.15) is 0 Å². The van der Waals surface area contributed by atoms with Crippen molar-refractivity contribution in [3.63, 3.8) is 0 Å². The molecule has 0 atom stereocenters. The van der Waals surface area contributed by atoms with E-state index in [1.807, 2.05) is 48.5 Å². The van der Waals surface area contributed by atoms with Crippen LogP contribution in [0.15, 0.2) is 53.3 Å². The molecule has 0 amide bonds. The van der Waals surface area contributed by atoms with Crippen LogP contribution in [0, 0.1) is 5.92 Å². The molecule has 38 heavy (non-hydrogen) atoms. The lowest BCUT2D eigenvalue weighted by Gasteiger charge is -2.22. The molecule has 1 saturated carbocycles. The van der Waals surface area contributed by atoms with E-state index in [0.29, 0.717) is 36.9 Å². The Morgan fingerprint density at radius 1 is 1.03 bits per heavy atom. The molecule has 0 spiro atoms. The van der Waals surface area contributed by atoms with Gasteiger partial charge in [-0.3, -0.25) is 9.13 Å². The van der Waals surface area contributed by atoms with Crippen molar-refractivity contribution in [1.82, 2.24) is 29.8 Å². The highest BCUT2D eigenvalue weighted by Gasteiger charge is 2.27. The van der Waals surface area contributed by atoms with Crippen molar-refractivity contribution < 1.29 is 9.90 Å². The first-order valence-corrected chi connectivity index (χ1v) is 13.5. The molecular formula is C29H34N6O3. The van der Waals surface area contributed by atoms with Gasteiger partial charge in [0.05, 0.1) is 12.2 Å². The first kappa shape index (κ1) is 25.6. The minimum absolute atomic E-state index is 0.166. The summed E-state index contributed by atoms with van der Waals surface area (Å²) < 4.78 is 3.23. The first-order chi connectivity index (χ1) is 18.6. The number of carboxylic acids is 1. The molecule has 2 N–H and O–H groups in total. The summed E-state index contributed by atoms with van der Waals surface area (Å²) in [6.07, 6.45) is 7.94. The Morgan fingerprint density at radius 2 is 1.76 bits per heavy atom. The molecule has 1 aliphatic rings. The number of nitrogens with zero attached hydrogens (tertiary/aromatic N) is 5. The zero-order valence-electron chi connectivity index (χ0n) is 21.8. The maximum atomic E-state index is 13.7. The van der Waals surface area contributed by atoms with Crippen LogP contribution in [0.5, 0.6) is 0 Å². The number of unbranched alkanes of at least 4 members (excludes halogenated alkanes) is 1. The van der Waals surface area contributed by atoms with E-state index >= 15 is 0 Å². The smallest absolute Gasteiger partial charge is 0.354 e. The Balaban J connectivity index is 1.47. The van der Waals surface area contributed by atoms with Crippen LogP contribution in [0.3, 0.4) is 0 Å². The van der Waals surface area contributed by atoms with Crippen molar-refractivity contribution >= 4 is 5.97 Å². The third-order valence-electron chi connectivity index (χ3n) is 7.59. The summed E-state index contributed by atoms with van der Waals surface area (Å²) in [5.74, 6) is -0.138. The van der Waals surface area contributed by atoms with Gasteiger partial charge in [-0.05, 0) is 53.5 Å². The standard InChI is InChI=1S/C29H34N6O3/c1-2-3-13-25-26(28(36)37)35(19-20-9-5-4-6-10-20)29(38)34(25)18-21-14-16-22(17-15-21)23-11-7-8-12-24(23)27-30-32-33-31-27/h7-8,11-12,14-17,20H,2-6,9-10,13,18-19H2,1H3,(H,36,37)(H,30,31,32,33). The van der Waals surface area contributed by atoms with Crippen LogP contribution in [0.25, 0.3) is 22.5 Å². The monoisotopic (exact) mass is 514 g/mol.